The van der Waals surface area contributed by atoms with Gasteiger partial charge in [0.2, 0.25) is 5.91 Å². The summed E-state index contributed by atoms with van der Waals surface area (Å²) in [6, 6.07) is 16.1. The lowest BCUT2D eigenvalue weighted by Crippen LogP contribution is -2.50. The van der Waals surface area contributed by atoms with Crippen molar-refractivity contribution in [2.45, 2.75) is 0 Å². The van der Waals surface area contributed by atoms with E-state index in [4.69, 9.17) is 0 Å². The van der Waals surface area contributed by atoms with E-state index in [0.717, 1.165) is 0 Å². The smallest absolute Gasteiger partial charge is 0.265 e. The number of hydrogen-bond donors (Lipinski definition) is 2. The highest BCUT2D eigenvalue weighted by molar-refractivity contribution is 7.12. The number of carbonyl (C=O) groups excluding carboxylic acids is 3. The minimum Gasteiger partial charge on any atom is -0.336 e. The summed E-state index contributed by atoms with van der Waals surface area (Å²) in [5, 5.41) is 7.40. The average molecular weight is 503 g/mol. The molecule has 0 aliphatic carbocycles. The first-order chi connectivity index (χ1) is 16.0. The van der Waals surface area contributed by atoms with Gasteiger partial charge in [0.25, 0.3) is 11.8 Å². The molecule has 3 amide bonds. The van der Waals surface area contributed by atoms with Gasteiger partial charge < -0.3 is 15.5 Å². The monoisotopic (exact) mass is 502 g/mol. The molecule has 3 aromatic rings. The van der Waals surface area contributed by atoms with Crippen LogP contribution in [0.5, 0.6) is 0 Å². The molecule has 0 saturated carbocycles. The van der Waals surface area contributed by atoms with Gasteiger partial charge in [-0.3, -0.25) is 19.3 Å². The fourth-order valence-corrected chi connectivity index (χ4v) is 4.18. The quantitative estimate of drug-likeness (QED) is 0.534. The first kappa shape index (κ1) is 25.4. The van der Waals surface area contributed by atoms with E-state index < -0.39 is 0 Å². The molecule has 2 N–H and O–H groups in total. The van der Waals surface area contributed by atoms with Crippen LogP contribution in [-0.2, 0) is 4.79 Å². The van der Waals surface area contributed by atoms with Crippen LogP contribution in [-0.4, -0.2) is 60.2 Å². The number of carbonyl (C=O) groups is 3. The topological polar surface area (TPSA) is 81.8 Å². The standard InChI is InChI=1S/C24H23FN4O3S.ClH/c25-18-6-8-19(9-7-18)26-22(30)16-28-10-12-29(13-11-28)24(32)17-3-1-4-20(15-17)27-23(31)21-5-2-14-33-21;/h1-9,14-15H,10-13,16H2,(H,26,30)(H,27,31);1H. The number of benzene rings is 2. The molecule has 34 heavy (non-hydrogen) atoms. The van der Waals surface area contributed by atoms with E-state index in [1.165, 1.54) is 35.6 Å². The zero-order chi connectivity index (χ0) is 23.2. The van der Waals surface area contributed by atoms with Gasteiger partial charge in [-0.1, -0.05) is 12.1 Å². The van der Waals surface area contributed by atoms with Gasteiger partial charge in [0.05, 0.1) is 11.4 Å². The maximum Gasteiger partial charge on any atom is 0.265 e. The fraction of sp³-hybridized carbons (Fsp3) is 0.208. The second-order valence-electron chi connectivity index (χ2n) is 7.64. The van der Waals surface area contributed by atoms with Crippen molar-refractivity contribution in [2.75, 3.05) is 43.4 Å². The Hall–Kier alpha value is -3.27. The molecule has 0 spiro atoms. The van der Waals surface area contributed by atoms with Crippen LogP contribution in [0.3, 0.4) is 0 Å². The largest absolute Gasteiger partial charge is 0.336 e. The summed E-state index contributed by atoms with van der Waals surface area (Å²) in [4.78, 5) is 41.8. The van der Waals surface area contributed by atoms with Crippen molar-refractivity contribution in [3.63, 3.8) is 0 Å². The van der Waals surface area contributed by atoms with Crippen LogP contribution in [0.2, 0.25) is 0 Å². The molecule has 2 aromatic carbocycles. The number of anilines is 2. The lowest BCUT2D eigenvalue weighted by molar-refractivity contribution is -0.117. The second kappa shape index (κ2) is 11.7. The molecule has 7 nitrogen and oxygen atoms in total. The molecule has 0 unspecified atom stereocenters. The van der Waals surface area contributed by atoms with Gasteiger partial charge in [-0.15, -0.1) is 23.7 Å². The van der Waals surface area contributed by atoms with Crippen LogP contribution < -0.4 is 10.6 Å². The summed E-state index contributed by atoms with van der Waals surface area (Å²) < 4.78 is 13.0. The van der Waals surface area contributed by atoms with Crippen molar-refractivity contribution in [1.29, 1.82) is 0 Å². The molecule has 10 heteroatoms. The van der Waals surface area contributed by atoms with Crippen molar-refractivity contribution in [1.82, 2.24) is 9.80 Å². The molecule has 0 radical (unpaired) electrons. The predicted octanol–water partition coefficient (Wildman–Crippen LogP) is 3.96. The van der Waals surface area contributed by atoms with Crippen LogP contribution in [0.1, 0.15) is 20.0 Å². The van der Waals surface area contributed by atoms with Gasteiger partial charge in [-0.2, -0.15) is 0 Å². The molecule has 1 saturated heterocycles. The lowest BCUT2D eigenvalue weighted by atomic mass is 10.1. The number of piperazine rings is 1. The summed E-state index contributed by atoms with van der Waals surface area (Å²) in [5.41, 5.74) is 1.61. The lowest BCUT2D eigenvalue weighted by Gasteiger charge is -2.34. The van der Waals surface area contributed by atoms with Crippen molar-refractivity contribution in [3.8, 4) is 0 Å². The summed E-state index contributed by atoms with van der Waals surface area (Å²) in [7, 11) is 0. The minimum atomic E-state index is -0.357. The summed E-state index contributed by atoms with van der Waals surface area (Å²) in [6.07, 6.45) is 0. The van der Waals surface area contributed by atoms with E-state index >= 15 is 0 Å². The number of amides is 3. The van der Waals surface area contributed by atoms with Crippen LogP contribution in [0.4, 0.5) is 15.8 Å². The Morgan fingerprint density at radius 1 is 0.882 bits per heavy atom. The molecule has 178 valence electrons. The molecule has 4 rings (SSSR count). The Labute approximate surface area is 207 Å². The number of thiophene rings is 1. The number of nitrogens with zero attached hydrogens (tertiary/aromatic N) is 2. The van der Waals surface area contributed by atoms with E-state index in [1.807, 2.05) is 16.3 Å². The highest BCUT2D eigenvalue weighted by Crippen LogP contribution is 2.17. The SMILES string of the molecule is Cl.O=C(CN1CCN(C(=O)c2cccc(NC(=O)c3cccs3)c2)CC1)Nc1ccc(F)cc1. The highest BCUT2D eigenvalue weighted by Gasteiger charge is 2.23. The molecular weight excluding hydrogens is 479 g/mol. The van der Waals surface area contributed by atoms with Gasteiger partial charge in [-0.05, 0) is 53.9 Å². The van der Waals surface area contributed by atoms with Gasteiger partial charge >= 0.3 is 0 Å². The number of halogens is 2. The van der Waals surface area contributed by atoms with Crippen molar-refractivity contribution in [2.24, 2.45) is 0 Å². The minimum absolute atomic E-state index is 0. The van der Waals surface area contributed by atoms with Crippen LogP contribution in [0.15, 0.2) is 66.0 Å². The molecule has 1 fully saturated rings. The molecule has 0 bridgehead atoms. The van der Waals surface area contributed by atoms with Crippen molar-refractivity contribution < 1.29 is 18.8 Å². The molecule has 1 aliphatic rings. The third kappa shape index (κ3) is 6.63. The number of rotatable bonds is 6. The first-order valence-corrected chi connectivity index (χ1v) is 11.4. The second-order valence-corrected chi connectivity index (χ2v) is 8.58. The van der Waals surface area contributed by atoms with E-state index in [1.54, 1.807) is 35.2 Å². The van der Waals surface area contributed by atoms with Crippen LogP contribution in [0.25, 0.3) is 0 Å². The number of nitrogens with one attached hydrogen (secondary N) is 2. The molecule has 0 atom stereocenters. The maximum atomic E-state index is 13.0. The first-order valence-electron chi connectivity index (χ1n) is 10.5. The third-order valence-corrected chi connectivity index (χ3v) is 6.14. The normalized spacial score (nSPS) is 13.6. The average Bonchev–Trinajstić information content (AvgIpc) is 3.36. The number of hydrogen-bond acceptors (Lipinski definition) is 5. The Bertz CT molecular complexity index is 1130. The van der Waals surface area contributed by atoms with Gasteiger partial charge in [0.1, 0.15) is 5.82 Å². The molecule has 1 aromatic heterocycles. The van der Waals surface area contributed by atoms with Crippen LogP contribution >= 0.6 is 23.7 Å². The predicted molar refractivity (Wildman–Crippen MR) is 133 cm³/mol. The summed E-state index contributed by atoms with van der Waals surface area (Å²) in [6.45, 7) is 2.32. The highest BCUT2D eigenvalue weighted by atomic mass is 35.5. The summed E-state index contributed by atoms with van der Waals surface area (Å²) in [5.74, 6) is -0.862. The zero-order valence-electron chi connectivity index (χ0n) is 18.2. The zero-order valence-corrected chi connectivity index (χ0v) is 19.8. The van der Waals surface area contributed by atoms with Crippen molar-refractivity contribution in [3.05, 3.63) is 82.3 Å². The molecule has 2 heterocycles. The Morgan fingerprint density at radius 3 is 2.29 bits per heavy atom. The molecular formula is C24H24ClFN4O3S. The third-order valence-electron chi connectivity index (χ3n) is 5.27. The Kier molecular flexibility index (Phi) is 8.75. The van der Waals surface area contributed by atoms with Gasteiger partial charge in [0, 0.05) is 43.1 Å². The van der Waals surface area contributed by atoms with Crippen molar-refractivity contribution >= 4 is 52.8 Å². The van der Waals surface area contributed by atoms with E-state index in [9.17, 15) is 18.8 Å². The maximum absolute atomic E-state index is 13.0. The Morgan fingerprint density at radius 2 is 1.62 bits per heavy atom. The summed E-state index contributed by atoms with van der Waals surface area (Å²) >= 11 is 1.35. The van der Waals surface area contributed by atoms with Crippen LogP contribution in [0, 0.1) is 5.82 Å². The molecule has 1 aliphatic heterocycles. The fourth-order valence-electron chi connectivity index (χ4n) is 3.56. The van der Waals surface area contributed by atoms with E-state index in [2.05, 4.69) is 10.6 Å². The van der Waals surface area contributed by atoms with E-state index in [-0.39, 0.29) is 42.5 Å². The van der Waals surface area contributed by atoms with E-state index in [0.29, 0.717) is 48.0 Å². The van der Waals surface area contributed by atoms with Gasteiger partial charge in [-0.25, -0.2) is 4.39 Å². The van der Waals surface area contributed by atoms with Gasteiger partial charge in [0.15, 0.2) is 0 Å². The Balaban J connectivity index is 0.00000324.